The first-order chi connectivity index (χ1) is 8.72. The van der Waals surface area contributed by atoms with Gasteiger partial charge >= 0.3 is 0 Å². The van der Waals surface area contributed by atoms with Crippen molar-refractivity contribution in [2.24, 2.45) is 5.92 Å². The number of hydrogen-bond acceptors (Lipinski definition) is 3. The number of hydrogen-bond donors (Lipinski definition) is 2. The smallest absolute Gasteiger partial charge is 0.119 e. The number of nitrogens with one attached hydrogen (secondary N) is 1. The first kappa shape index (κ1) is 15.0. The van der Waals surface area contributed by atoms with Gasteiger partial charge in [-0.05, 0) is 43.0 Å². The van der Waals surface area contributed by atoms with Crippen LogP contribution < -0.4 is 10.1 Å². The number of ether oxygens (including phenoxy) is 1. The van der Waals surface area contributed by atoms with Crippen LogP contribution in [0.1, 0.15) is 32.3 Å². The molecule has 0 atom stereocenters. The lowest BCUT2D eigenvalue weighted by atomic mass is 10.1. The third kappa shape index (κ3) is 6.62. The summed E-state index contributed by atoms with van der Waals surface area (Å²) in [5.41, 5.74) is 1.24. The van der Waals surface area contributed by atoms with Gasteiger partial charge in [-0.25, -0.2) is 0 Å². The molecule has 0 aliphatic carbocycles. The van der Waals surface area contributed by atoms with Gasteiger partial charge in [-0.3, -0.25) is 0 Å². The maximum absolute atomic E-state index is 8.66. The van der Waals surface area contributed by atoms with Gasteiger partial charge in [-0.15, -0.1) is 0 Å². The largest absolute Gasteiger partial charge is 0.494 e. The summed E-state index contributed by atoms with van der Waals surface area (Å²) in [6.07, 6.45) is 1.89. The summed E-state index contributed by atoms with van der Waals surface area (Å²) in [5.74, 6) is 1.62. The Balaban J connectivity index is 2.24. The average molecular weight is 251 g/mol. The van der Waals surface area contributed by atoms with E-state index in [2.05, 4.69) is 31.3 Å². The first-order valence-electron chi connectivity index (χ1n) is 6.75. The lowest BCUT2D eigenvalue weighted by Crippen LogP contribution is -2.15. The second-order valence-corrected chi connectivity index (χ2v) is 4.93. The van der Waals surface area contributed by atoms with E-state index in [1.807, 2.05) is 12.1 Å². The third-order valence-corrected chi connectivity index (χ3v) is 2.73. The highest BCUT2D eigenvalue weighted by atomic mass is 16.5. The molecule has 3 heteroatoms. The van der Waals surface area contributed by atoms with Crippen molar-refractivity contribution in [3.63, 3.8) is 0 Å². The summed E-state index contributed by atoms with van der Waals surface area (Å²) >= 11 is 0. The van der Waals surface area contributed by atoms with E-state index in [-0.39, 0.29) is 6.61 Å². The Kier molecular flexibility index (Phi) is 7.46. The van der Waals surface area contributed by atoms with Gasteiger partial charge < -0.3 is 15.2 Å². The van der Waals surface area contributed by atoms with E-state index < -0.39 is 0 Å². The van der Waals surface area contributed by atoms with Gasteiger partial charge in [0.1, 0.15) is 5.75 Å². The van der Waals surface area contributed by atoms with E-state index in [9.17, 15) is 0 Å². The van der Waals surface area contributed by atoms with Gasteiger partial charge in [0.2, 0.25) is 0 Å². The van der Waals surface area contributed by atoms with Crippen LogP contribution in [0.4, 0.5) is 0 Å². The van der Waals surface area contributed by atoms with Crippen LogP contribution in [0.15, 0.2) is 24.3 Å². The van der Waals surface area contributed by atoms with E-state index >= 15 is 0 Å². The summed E-state index contributed by atoms with van der Waals surface area (Å²) in [4.78, 5) is 0. The molecule has 18 heavy (non-hydrogen) atoms. The second kappa shape index (κ2) is 8.95. The Morgan fingerprint density at radius 1 is 1.22 bits per heavy atom. The molecular weight excluding hydrogens is 226 g/mol. The second-order valence-electron chi connectivity index (χ2n) is 4.93. The zero-order valence-corrected chi connectivity index (χ0v) is 11.5. The standard InChI is InChI=1S/C15H25NO2/c1-13(2)8-11-18-15-6-4-14(5-7-15)12-16-9-3-10-17/h4-7,13,16-17H,3,8-12H2,1-2H3. The molecule has 0 spiro atoms. The molecule has 1 aromatic carbocycles. The minimum atomic E-state index is 0.246. The zero-order valence-electron chi connectivity index (χ0n) is 11.5. The molecular formula is C15H25NO2. The monoisotopic (exact) mass is 251 g/mol. The molecule has 3 nitrogen and oxygen atoms in total. The summed E-state index contributed by atoms with van der Waals surface area (Å²) in [5, 5.41) is 11.9. The van der Waals surface area contributed by atoms with Gasteiger partial charge in [-0.2, -0.15) is 0 Å². The maximum Gasteiger partial charge on any atom is 0.119 e. The Morgan fingerprint density at radius 3 is 2.56 bits per heavy atom. The summed E-state index contributed by atoms with van der Waals surface area (Å²) in [6, 6.07) is 8.19. The molecule has 0 bridgehead atoms. The molecule has 0 saturated carbocycles. The fourth-order valence-electron chi connectivity index (χ4n) is 1.55. The zero-order chi connectivity index (χ0) is 13.2. The van der Waals surface area contributed by atoms with E-state index in [4.69, 9.17) is 9.84 Å². The van der Waals surface area contributed by atoms with Crippen molar-refractivity contribution in [2.75, 3.05) is 19.8 Å². The van der Waals surface area contributed by atoms with Gasteiger partial charge in [0.25, 0.3) is 0 Å². The topological polar surface area (TPSA) is 41.5 Å². The molecule has 2 N–H and O–H groups in total. The van der Waals surface area contributed by atoms with Crippen molar-refractivity contribution >= 4 is 0 Å². The number of rotatable bonds is 9. The number of aliphatic hydroxyl groups excluding tert-OH is 1. The summed E-state index contributed by atoms with van der Waals surface area (Å²) in [6.45, 7) is 7.12. The molecule has 1 aromatic rings. The SMILES string of the molecule is CC(C)CCOc1ccc(CNCCCO)cc1. The van der Waals surface area contributed by atoms with Crippen LogP contribution in [0.25, 0.3) is 0 Å². The van der Waals surface area contributed by atoms with E-state index in [0.29, 0.717) is 5.92 Å². The third-order valence-electron chi connectivity index (χ3n) is 2.73. The van der Waals surface area contributed by atoms with Gasteiger partial charge in [0.05, 0.1) is 6.61 Å². The highest BCUT2D eigenvalue weighted by molar-refractivity contribution is 5.27. The lowest BCUT2D eigenvalue weighted by molar-refractivity contribution is 0.286. The predicted octanol–water partition coefficient (Wildman–Crippen LogP) is 2.58. The van der Waals surface area contributed by atoms with Crippen molar-refractivity contribution in [3.05, 3.63) is 29.8 Å². The fourth-order valence-corrected chi connectivity index (χ4v) is 1.55. The molecule has 0 unspecified atom stereocenters. The van der Waals surface area contributed by atoms with E-state index in [1.165, 1.54) is 5.56 Å². The van der Waals surface area contributed by atoms with Crippen LogP contribution in [0.5, 0.6) is 5.75 Å². The lowest BCUT2D eigenvalue weighted by Gasteiger charge is -2.09. The highest BCUT2D eigenvalue weighted by Crippen LogP contribution is 2.13. The Hall–Kier alpha value is -1.06. The predicted molar refractivity (Wildman–Crippen MR) is 74.8 cm³/mol. The number of aliphatic hydroxyl groups is 1. The minimum Gasteiger partial charge on any atom is -0.494 e. The van der Waals surface area contributed by atoms with Crippen molar-refractivity contribution in [1.29, 1.82) is 0 Å². The van der Waals surface area contributed by atoms with E-state index in [1.54, 1.807) is 0 Å². The molecule has 1 rings (SSSR count). The fraction of sp³-hybridized carbons (Fsp3) is 0.600. The van der Waals surface area contributed by atoms with Crippen molar-refractivity contribution < 1.29 is 9.84 Å². The van der Waals surface area contributed by atoms with Crippen LogP contribution in [0.3, 0.4) is 0 Å². The normalized spacial score (nSPS) is 10.9. The Morgan fingerprint density at radius 2 is 1.94 bits per heavy atom. The molecule has 0 saturated heterocycles. The van der Waals surface area contributed by atoms with Crippen LogP contribution in [0.2, 0.25) is 0 Å². The Bertz CT molecular complexity index is 309. The highest BCUT2D eigenvalue weighted by Gasteiger charge is 1.97. The molecule has 0 amide bonds. The summed E-state index contributed by atoms with van der Waals surface area (Å²) < 4.78 is 5.66. The van der Waals surface area contributed by atoms with Crippen LogP contribution >= 0.6 is 0 Å². The maximum atomic E-state index is 8.66. The van der Waals surface area contributed by atoms with Gasteiger partial charge in [0.15, 0.2) is 0 Å². The molecule has 0 aliphatic heterocycles. The molecule has 0 fully saturated rings. The quantitative estimate of drug-likeness (QED) is 0.663. The molecule has 0 heterocycles. The van der Waals surface area contributed by atoms with Crippen LogP contribution in [-0.2, 0) is 6.54 Å². The molecule has 102 valence electrons. The average Bonchev–Trinajstić information content (AvgIpc) is 2.36. The van der Waals surface area contributed by atoms with Crippen molar-refractivity contribution in [2.45, 2.75) is 33.2 Å². The molecule has 0 aromatic heterocycles. The number of benzene rings is 1. The van der Waals surface area contributed by atoms with Gasteiger partial charge in [0, 0.05) is 13.2 Å². The van der Waals surface area contributed by atoms with Gasteiger partial charge in [-0.1, -0.05) is 26.0 Å². The first-order valence-corrected chi connectivity index (χ1v) is 6.75. The van der Waals surface area contributed by atoms with Crippen LogP contribution in [-0.4, -0.2) is 24.9 Å². The van der Waals surface area contributed by atoms with E-state index in [0.717, 1.165) is 38.3 Å². The summed E-state index contributed by atoms with van der Waals surface area (Å²) in [7, 11) is 0. The van der Waals surface area contributed by atoms with Crippen molar-refractivity contribution in [3.8, 4) is 5.75 Å². The molecule has 0 aliphatic rings. The Labute approximate surface area is 110 Å². The minimum absolute atomic E-state index is 0.246. The van der Waals surface area contributed by atoms with Crippen molar-refractivity contribution in [1.82, 2.24) is 5.32 Å². The van der Waals surface area contributed by atoms with Crippen LogP contribution in [0, 0.1) is 5.92 Å². The molecule has 0 radical (unpaired) electrons.